The van der Waals surface area contributed by atoms with Crippen LogP contribution in [-0.2, 0) is 0 Å². The molecule has 28 heavy (non-hydrogen) atoms. The Bertz CT molecular complexity index is 994. The van der Waals surface area contributed by atoms with Gasteiger partial charge in [0.25, 0.3) is 5.91 Å². The van der Waals surface area contributed by atoms with Gasteiger partial charge < -0.3 is 10.2 Å². The van der Waals surface area contributed by atoms with E-state index >= 15 is 0 Å². The zero-order valence-electron chi connectivity index (χ0n) is 16.7. The molecular weight excluding hydrogens is 355 g/mol. The van der Waals surface area contributed by atoms with Gasteiger partial charge in [-0.15, -0.1) is 0 Å². The second kappa shape index (κ2) is 8.35. The van der Waals surface area contributed by atoms with Gasteiger partial charge in [-0.2, -0.15) is 5.10 Å². The number of rotatable bonds is 6. The molecule has 0 saturated heterocycles. The average Bonchev–Trinajstić information content (AvgIpc) is 3.08. The lowest BCUT2D eigenvalue weighted by atomic mass is 10.1. The molecule has 1 N–H and O–H groups in total. The summed E-state index contributed by atoms with van der Waals surface area (Å²) in [6, 6.07) is 14.1. The van der Waals surface area contributed by atoms with Gasteiger partial charge in [0.1, 0.15) is 11.5 Å². The maximum Gasteiger partial charge on any atom is 0.270 e. The molecule has 0 unspecified atom stereocenters. The lowest BCUT2D eigenvalue weighted by Gasteiger charge is -2.13. The number of nitrogens with zero attached hydrogens (tertiary/aromatic N) is 3. The van der Waals surface area contributed by atoms with Crippen LogP contribution < -0.4 is 5.32 Å². The van der Waals surface area contributed by atoms with Crippen LogP contribution in [0.2, 0.25) is 0 Å². The number of nitrogens with one attached hydrogen (secondary N) is 1. The van der Waals surface area contributed by atoms with E-state index < -0.39 is 0 Å². The summed E-state index contributed by atoms with van der Waals surface area (Å²) in [7, 11) is 3.89. The Morgan fingerprint density at radius 3 is 2.61 bits per heavy atom. The van der Waals surface area contributed by atoms with E-state index in [0.717, 1.165) is 23.4 Å². The standard InChI is InChI=1S/C22H25FN4O/c1-15-9-10-16(2)20(13-15)27-21(22(28)24-11-12-26(3)4)14-19(25-27)17-7-5-6-8-18(17)23/h5-10,13-14H,11-12H2,1-4H3,(H,24,28). The van der Waals surface area contributed by atoms with E-state index in [1.54, 1.807) is 28.9 Å². The fraction of sp³-hybridized carbons (Fsp3) is 0.273. The summed E-state index contributed by atoms with van der Waals surface area (Å²) in [4.78, 5) is 14.9. The van der Waals surface area contributed by atoms with Crippen molar-refractivity contribution in [2.75, 3.05) is 27.2 Å². The number of halogens is 1. The second-order valence-electron chi connectivity index (χ2n) is 7.16. The molecule has 0 aliphatic carbocycles. The molecule has 1 aromatic heterocycles. The lowest BCUT2D eigenvalue weighted by molar-refractivity contribution is 0.0943. The number of aryl methyl sites for hydroxylation is 2. The molecular formula is C22H25FN4O. The van der Waals surface area contributed by atoms with Gasteiger partial charge in [0, 0.05) is 18.7 Å². The average molecular weight is 380 g/mol. The van der Waals surface area contributed by atoms with Gasteiger partial charge >= 0.3 is 0 Å². The molecule has 0 fully saturated rings. The van der Waals surface area contributed by atoms with Crippen molar-refractivity contribution in [3.63, 3.8) is 0 Å². The van der Waals surface area contributed by atoms with E-state index in [-0.39, 0.29) is 11.7 Å². The zero-order valence-corrected chi connectivity index (χ0v) is 16.7. The molecule has 1 heterocycles. The summed E-state index contributed by atoms with van der Waals surface area (Å²) in [6.07, 6.45) is 0. The third kappa shape index (κ3) is 4.28. The number of carbonyl (C=O) groups excluding carboxylic acids is 1. The van der Waals surface area contributed by atoms with Crippen molar-refractivity contribution in [2.24, 2.45) is 0 Å². The first-order chi connectivity index (χ1) is 13.4. The fourth-order valence-electron chi connectivity index (χ4n) is 2.96. The Kier molecular flexibility index (Phi) is 5.90. The lowest BCUT2D eigenvalue weighted by Crippen LogP contribution is -2.32. The van der Waals surface area contributed by atoms with Gasteiger partial charge in [-0.1, -0.05) is 24.3 Å². The summed E-state index contributed by atoms with van der Waals surface area (Å²) in [6.45, 7) is 5.19. The van der Waals surface area contributed by atoms with E-state index in [1.165, 1.54) is 6.07 Å². The summed E-state index contributed by atoms with van der Waals surface area (Å²) in [5.74, 6) is -0.606. The normalized spacial score (nSPS) is 11.1. The Morgan fingerprint density at radius 1 is 1.14 bits per heavy atom. The van der Waals surface area contributed by atoms with Crippen LogP contribution in [0.4, 0.5) is 4.39 Å². The summed E-state index contributed by atoms with van der Waals surface area (Å²) in [5.41, 5.74) is 4.02. The minimum absolute atomic E-state index is 0.238. The number of hydrogen-bond acceptors (Lipinski definition) is 3. The number of hydrogen-bond donors (Lipinski definition) is 1. The maximum absolute atomic E-state index is 14.3. The van der Waals surface area contributed by atoms with Gasteiger partial charge in [-0.05, 0) is 63.3 Å². The largest absolute Gasteiger partial charge is 0.349 e. The van der Waals surface area contributed by atoms with Crippen molar-refractivity contribution < 1.29 is 9.18 Å². The van der Waals surface area contributed by atoms with Crippen molar-refractivity contribution in [1.29, 1.82) is 0 Å². The number of benzene rings is 2. The van der Waals surface area contributed by atoms with Crippen LogP contribution >= 0.6 is 0 Å². The minimum atomic E-state index is -0.368. The van der Waals surface area contributed by atoms with Gasteiger partial charge in [0.2, 0.25) is 0 Å². The Labute approximate surface area is 164 Å². The zero-order chi connectivity index (χ0) is 20.3. The minimum Gasteiger partial charge on any atom is -0.349 e. The number of likely N-dealkylation sites (N-methyl/N-ethyl adjacent to an activating group) is 1. The molecule has 2 aromatic carbocycles. The molecule has 3 aromatic rings. The molecule has 0 radical (unpaired) electrons. The van der Waals surface area contributed by atoms with E-state index in [0.29, 0.717) is 23.5 Å². The van der Waals surface area contributed by atoms with Crippen LogP contribution in [0.3, 0.4) is 0 Å². The quantitative estimate of drug-likeness (QED) is 0.711. The van der Waals surface area contributed by atoms with Crippen LogP contribution in [0.15, 0.2) is 48.5 Å². The van der Waals surface area contributed by atoms with Crippen molar-refractivity contribution >= 4 is 5.91 Å². The highest BCUT2D eigenvalue weighted by molar-refractivity contribution is 5.94. The first-order valence-corrected chi connectivity index (χ1v) is 9.22. The van der Waals surface area contributed by atoms with Gasteiger partial charge in [-0.25, -0.2) is 9.07 Å². The van der Waals surface area contributed by atoms with Crippen LogP contribution in [-0.4, -0.2) is 47.8 Å². The van der Waals surface area contributed by atoms with Gasteiger partial charge in [0.05, 0.1) is 11.4 Å². The van der Waals surface area contributed by atoms with Crippen molar-refractivity contribution in [3.05, 3.63) is 71.2 Å². The molecule has 6 heteroatoms. The Morgan fingerprint density at radius 2 is 1.89 bits per heavy atom. The fourth-order valence-corrected chi connectivity index (χ4v) is 2.96. The highest BCUT2D eigenvalue weighted by Gasteiger charge is 2.20. The monoisotopic (exact) mass is 380 g/mol. The van der Waals surface area contributed by atoms with Gasteiger partial charge in [0.15, 0.2) is 0 Å². The third-order valence-electron chi connectivity index (χ3n) is 4.53. The van der Waals surface area contributed by atoms with Gasteiger partial charge in [-0.3, -0.25) is 4.79 Å². The highest BCUT2D eigenvalue weighted by atomic mass is 19.1. The molecule has 0 saturated carbocycles. The number of carbonyl (C=O) groups is 1. The van der Waals surface area contributed by atoms with E-state index in [9.17, 15) is 9.18 Å². The molecule has 0 aliphatic rings. The molecule has 146 valence electrons. The van der Waals surface area contributed by atoms with Crippen LogP contribution in [0, 0.1) is 19.7 Å². The predicted octanol–water partition coefficient (Wildman–Crippen LogP) is 3.59. The highest BCUT2D eigenvalue weighted by Crippen LogP contribution is 2.25. The molecule has 0 atom stereocenters. The topological polar surface area (TPSA) is 50.2 Å². The van der Waals surface area contributed by atoms with Crippen LogP contribution in [0.25, 0.3) is 16.9 Å². The third-order valence-corrected chi connectivity index (χ3v) is 4.53. The second-order valence-corrected chi connectivity index (χ2v) is 7.16. The molecule has 1 amide bonds. The predicted molar refractivity (Wildman–Crippen MR) is 109 cm³/mol. The van der Waals surface area contributed by atoms with Crippen molar-refractivity contribution in [1.82, 2.24) is 20.0 Å². The van der Waals surface area contributed by atoms with Crippen molar-refractivity contribution in [3.8, 4) is 16.9 Å². The van der Waals surface area contributed by atoms with Crippen LogP contribution in [0.5, 0.6) is 0 Å². The molecule has 5 nitrogen and oxygen atoms in total. The summed E-state index contributed by atoms with van der Waals surface area (Å²) in [5, 5.41) is 7.50. The SMILES string of the molecule is Cc1ccc(C)c(-n2nc(-c3ccccc3F)cc2C(=O)NCCN(C)C)c1. The van der Waals surface area contributed by atoms with Crippen molar-refractivity contribution in [2.45, 2.75) is 13.8 Å². The molecule has 0 spiro atoms. The maximum atomic E-state index is 14.3. The molecule has 3 rings (SSSR count). The summed E-state index contributed by atoms with van der Waals surface area (Å²) >= 11 is 0. The number of aromatic nitrogens is 2. The first-order valence-electron chi connectivity index (χ1n) is 9.22. The Balaban J connectivity index is 2.07. The Hall–Kier alpha value is -2.99. The van der Waals surface area contributed by atoms with E-state index in [1.807, 2.05) is 51.0 Å². The number of amides is 1. The molecule has 0 bridgehead atoms. The first kappa shape index (κ1) is 19.8. The smallest absolute Gasteiger partial charge is 0.270 e. The molecule has 0 aliphatic heterocycles. The van der Waals surface area contributed by atoms with E-state index in [4.69, 9.17) is 0 Å². The van der Waals surface area contributed by atoms with Crippen LogP contribution in [0.1, 0.15) is 21.6 Å². The summed E-state index contributed by atoms with van der Waals surface area (Å²) < 4.78 is 15.9. The van der Waals surface area contributed by atoms with E-state index in [2.05, 4.69) is 10.4 Å².